The third-order valence-electron chi connectivity index (χ3n) is 2.23. The standard InChI is InChI=1S/C9H10N2.ClH/c10-11-9-5-4-7-2-1-3-8(7)6-9;/h4-6,10H,1-3H2;1H. The smallest absolute Gasteiger partial charge is 0.130 e. The van der Waals surface area contributed by atoms with E-state index in [4.69, 9.17) is 5.53 Å². The third-order valence-corrected chi connectivity index (χ3v) is 2.23. The van der Waals surface area contributed by atoms with Crippen LogP contribution in [-0.4, -0.2) is 0 Å². The van der Waals surface area contributed by atoms with Crippen molar-refractivity contribution in [2.24, 2.45) is 5.11 Å². The Morgan fingerprint density at radius 1 is 1.17 bits per heavy atom. The fourth-order valence-electron chi connectivity index (χ4n) is 1.64. The molecule has 0 amide bonds. The van der Waals surface area contributed by atoms with E-state index < -0.39 is 0 Å². The van der Waals surface area contributed by atoms with Crippen LogP contribution in [-0.2, 0) is 12.8 Å². The number of halogens is 1. The van der Waals surface area contributed by atoms with E-state index in [1.54, 1.807) is 0 Å². The van der Waals surface area contributed by atoms with Gasteiger partial charge in [-0.3, -0.25) is 0 Å². The number of hydrogen-bond acceptors (Lipinski definition) is 1. The van der Waals surface area contributed by atoms with Crippen molar-refractivity contribution in [3.05, 3.63) is 29.3 Å². The molecule has 12 heavy (non-hydrogen) atoms. The summed E-state index contributed by atoms with van der Waals surface area (Å²) >= 11 is 0. The topological polar surface area (TPSA) is 38.0 Å². The van der Waals surface area contributed by atoms with Crippen LogP contribution in [0.1, 0.15) is 17.5 Å². The summed E-state index contributed by atoms with van der Waals surface area (Å²) in [5.74, 6) is 0. The van der Waals surface area contributed by atoms with Crippen molar-refractivity contribution < 1.29 is 17.9 Å². The van der Waals surface area contributed by atoms with E-state index in [1.165, 1.54) is 30.4 Å². The first-order valence-electron chi connectivity index (χ1n) is 3.93. The molecule has 1 aliphatic rings. The molecule has 64 valence electrons. The Morgan fingerprint density at radius 3 is 2.67 bits per heavy atom. The summed E-state index contributed by atoms with van der Waals surface area (Å²) in [4.78, 5) is 0. The van der Waals surface area contributed by atoms with Crippen LogP contribution in [0.15, 0.2) is 23.3 Å². The second-order valence-electron chi connectivity index (χ2n) is 2.94. The SMILES string of the molecule is [Cl-].[NH2+]=Nc1ccc2c(c1)CCC2. The summed E-state index contributed by atoms with van der Waals surface area (Å²) in [6.07, 6.45) is 3.70. The Hall–Kier alpha value is -0.890. The maximum Gasteiger partial charge on any atom is 0.130 e. The first-order valence-corrected chi connectivity index (χ1v) is 3.93. The fourth-order valence-corrected chi connectivity index (χ4v) is 1.64. The van der Waals surface area contributed by atoms with Gasteiger partial charge in [-0.1, -0.05) is 6.07 Å². The lowest BCUT2D eigenvalue weighted by molar-refractivity contribution is -0.210. The minimum atomic E-state index is 0. The second kappa shape index (κ2) is 3.68. The van der Waals surface area contributed by atoms with Gasteiger partial charge in [0.05, 0.1) is 0 Å². The Labute approximate surface area is 77.9 Å². The van der Waals surface area contributed by atoms with Gasteiger partial charge in [0, 0.05) is 0 Å². The van der Waals surface area contributed by atoms with Crippen LogP contribution in [0.2, 0.25) is 0 Å². The van der Waals surface area contributed by atoms with Gasteiger partial charge in [-0.25, -0.2) is 0 Å². The van der Waals surface area contributed by atoms with Gasteiger partial charge in [0.2, 0.25) is 0 Å². The number of aryl methyl sites for hydroxylation is 2. The highest BCUT2D eigenvalue weighted by molar-refractivity contribution is 5.45. The molecule has 2 rings (SSSR count). The van der Waals surface area contributed by atoms with Crippen LogP contribution in [0.4, 0.5) is 5.69 Å². The zero-order valence-electron chi connectivity index (χ0n) is 6.76. The van der Waals surface area contributed by atoms with Crippen LogP contribution in [0, 0.1) is 0 Å². The van der Waals surface area contributed by atoms with Crippen molar-refractivity contribution in [3.8, 4) is 0 Å². The van der Waals surface area contributed by atoms with Crippen LogP contribution >= 0.6 is 0 Å². The van der Waals surface area contributed by atoms with E-state index >= 15 is 0 Å². The van der Waals surface area contributed by atoms with Gasteiger partial charge >= 0.3 is 0 Å². The van der Waals surface area contributed by atoms with Crippen LogP contribution in [0.25, 0.3) is 0 Å². The Bertz CT molecular complexity index is 297. The average Bonchev–Trinajstić information content (AvgIpc) is 2.50. The maximum absolute atomic E-state index is 5.17. The molecule has 1 aliphatic carbocycles. The zero-order valence-corrected chi connectivity index (χ0v) is 7.51. The van der Waals surface area contributed by atoms with Gasteiger partial charge in [-0.2, -0.15) is 5.53 Å². The van der Waals surface area contributed by atoms with Gasteiger partial charge in [0.25, 0.3) is 0 Å². The third kappa shape index (κ3) is 1.48. The largest absolute Gasteiger partial charge is 1.00 e. The molecule has 2 N–H and O–H groups in total. The lowest BCUT2D eigenvalue weighted by Crippen LogP contribution is -3.00. The van der Waals surface area contributed by atoms with Crippen LogP contribution in [0.5, 0.6) is 0 Å². The predicted molar refractivity (Wildman–Crippen MR) is 42.5 cm³/mol. The van der Waals surface area contributed by atoms with Gasteiger partial charge in [0.1, 0.15) is 5.69 Å². The first-order chi connectivity index (χ1) is 5.40. The Morgan fingerprint density at radius 2 is 1.92 bits per heavy atom. The van der Waals surface area contributed by atoms with Crippen LogP contribution in [0.3, 0.4) is 0 Å². The zero-order chi connectivity index (χ0) is 7.68. The number of benzene rings is 1. The van der Waals surface area contributed by atoms with Crippen molar-refractivity contribution in [3.63, 3.8) is 0 Å². The normalized spacial score (nSPS) is 13.3. The summed E-state index contributed by atoms with van der Waals surface area (Å²) < 4.78 is 0. The summed E-state index contributed by atoms with van der Waals surface area (Å²) in [5, 5.41) is 3.65. The molecule has 0 aromatic heterocycles. The molecule has 2 nitrogen and oxygen atoms in total. The summed E-state index contributed by atoms with van der Waals surface area (Å²) in [6.45, 7) is 0. The molecule has 0 spiro atoms. The van der Waals surface area contributed by atoms with Gasteiger partial charge in [0.15, 0.2) is 0 Å². The maximum atomic E-state index is 5.17. The molecular weight excluding hydrogens is 172 g/mol. The summed E-state index contributed by atoms with van der Waals surface area (Å²) in [5.41, 5.74) is 8.96. The Kier molecular flexibility index (Phi) is 2.82. The minimum Gasteiger partial charge on any atom is -1.00 e. The lowest BCUT2D eigenvalue weighted by atomic mass is 10.1. The molecule has 0 saturated carbocycles. The lowest BCUT2D eigenvalue weighted by Gasteiger charge is -1.96. The van der Waals surface area contributed by atoms with Crippen LogP contribution < -0.4 is 17.9 Å². The second-order valence-corrected chi connectivity index (χ2v) is 2.94. The monoisotopic (exact) mass is 182 g/mol. The van der Waals surface area contributed by atoms with Crippen molar-refractivity contribution in [2.75, 3.05) is 0 Å². The summed E-state index contributed by atoms with van der Waals surface area (Å²) in [6, 6.07) is 6.19. The number of hydrogen-bond donors (Lipinski definition) is 1. The number of rotatable bonds is 1. The molecule has 0 saturated heterocycles. The molecule has 0 heterocycles. The number of nitrogens with zero attached hydrogens (tertiary/aromatic N) is 1. The van der Waals surface area contributed by atoms with E-state index in [0.717, 1.165) is 5.69 Å². The molecule has 0 radical (unpaired) electrons. The van der Waals surface area contributed by atoms with Crippen molar-refractivity contribution >= 4 is 5.69 Å². The molecule has 1 aromatic carbocycles. The fraction of sp³-hybridized carbons (Fsp3) is 0.333. The molecule has 1 aromatic rings. The number of nitrogens with two attached hydrogens (primary N) is 1. The highest BCUT2D eigenvalue weighted by Gasteiger charge is 2.10. The molecule has 0 atom stereocenters. The van der Waals surface area contributed by atoms with E-state index in [0.29, 0.717) is 0 Å². The van der Waals surface area contributed by atoms with Gasteiger partial charge in [-0.05, 0) is 47.6 Å². The summed E-state index contributed by atoms with van der Waals surface area (Å²) in [7, 11) is 0. The quantitative estimate of drug-likeness (QED) is 0.489. The highest BCUT2D eigenvalue weighted by atomic mass is 35.5. The number of fused-ring (bicyclic) bond motifs is 1. The minimum absolute atomic E-state index is 0. The van der Waals surface area contributed by atoms with E-state index in [2.05, 4.69) is 17.2 Å². The van der Waals surface area contributed by atoms with Crippen molar-refractivity contribution in [1.29, 1.82) is 0 Å². The predicted octanol–water partition coefficient (Wildman–Crippen LogP) is -1.98. The van der Waals surface area contributed by atoms with Gasteiger partial charge in [-0.15, -0.1) is 0 Å². The molecule has 0 unspecified atom stereocenters. The van der Waals surface area contributed by atoms with Crippen molar-refractivity contribution in [2.45, 2.75) is 19.3 Å². The first kappa shape index (κ1) is 9.20. The molecule has 0 fully saturated rings. The molecule has 3 heteroatoms. The van der Waals surface area contributed by atoms with Crippen molar-refractivity contribution in [1.82, 2.24) is 0 Å². The highest BCUT2D eigenvalue weighted by Crippen LogP contribution is 2.25. The van der Waals surface area contributed by atoms with E-state index in [1.807, 2.05) is 6.07 Å². The van der Waals surface area contributed by atoms with E-state index in [9.17, 15) is 0 Å². The van der Waals surface area contributed by atoms with Gasteiger partial charge < -0.3 is 12.4 Å². The average molecular weight is 183 g/mol. The molecule has 0 aliphatic heterocycles. The molecule has 0 bridgehead atoms. The molecular formula is C9H11ClN2. The Balaban J connectivity index is 0.000000720. The van der Waals surface area contributed by atoms with E-state index in [-0.39, 0.29) is 12.4 Å².